The number of carbonyl (C=O) groups is 1. The normalized spacial score (nSPS) is 11.0. The average molecular weight is 385 g/mol. The average Bonchev–Trinajstić information content (AvgIpc) is 3.02. The fourth-order valence-corrected chi connectivity index (χ4v) is 4.05. The topological polar surface area (TPSA) is 61.2 Å². The number of aryl methyl sites for hydroxylation is 2. The van der Waals surface area contributed by atoms with Crippen LogP contribution in [0.2, 0.25) is 0 Å². The molecule has 0 aliphatic heterocycles. The quantitative estimate of drug-likeness (QED) is 0.428. The number of benzene rings is 1. The van der Waals surface area contributed by atoms with E-state index in [1.54, 1.807) is 17.8 Å². The number of nitrogens with zero attached hydrogens (tertiary/aromatic N) is 2. The van der Waals surface area contributed by atoms with Crippen LogP contribution in [0, 0.1) is 6.92 Å². The third-order valence-electron chi connectivity index (χ3n) is 4.57. The summed E-state index contributed by atoms with van der Waals surface area (Å²) >= 11 is 1.23. The van der Waals surface area contributed by atoms with Gasteiger partial charge in [-0.2, -0.15) is 0 Å². The molecule has 0 saturated heterocycles. The Morgan fingerprint density at radius 2 is 2.00 bits per heavy atom. The minimum Gasteiger partial charge on any atom is -0.461 e. The number of thiophene rings is 1. The van der Waals surface area contributed by atoms with Gasteiger partial charge in [-0.25, -0.2) is 9.78 Å². The molecule has 0 unspecified atom stereocenters. The van der Waals surface area contributed by atoms with Gasteiger partial charge in [0, 0.05) is 13.0 Å². The maximum atomic E-state index is 12.8. The molecule has 2 aromatic heterocycles. The predicted molar refractivity (Wildman–Crippen MR) is 109 cm³/mol. The van der Waals surface area contributed by atoms with E-state index in [9.17, 15) is 9.59 Å². The first-order valence-electron chi connectivity index (χ1n) is 9.31. The summed E-state index contributed by atoms with van der Waals surface area (Å²) in [5, 5.41) is 0.536. The lowest BCUT2D eigenvalue weighted by atomic mass is 10.2. The van der Waals surface area contributed by atoms with E-state index in [-0.39, 0.29) is 11.5 Å². The molecule has 0 bridgehead atoms. The number of hydrogen-bond donors (Lipinski definition) is 0. The van der Waals surface area contributed by atoms with Crippen LogP contribution in [0.15, 0.2) is 41.5 Å². The smallest absolute Gasteiger partial charge is 0.348 e. The summed E-state index contributed by atoms with van der Waals surface area (Å²) in [6.45, 7) is 4.89. The maximum absolute atomic E-state index is 12.8. The summed E-state index contributed by atoms with van der Waals surface area (Å²) in [6, 6.07) is 9.89. The summed E-state index contributed by atoms with van der Waals surface area (Å²) in [5.41, 5.74) is 1.71. The second-order valence-electron chi connectivity index (χ2n) is 6.56. The zero-order valence-electron chi connectivity index (χ0n) is 15.7. The van der Waals surface area contributed by atoms with Crippen LogP contribution in [0.25, 0.3) is 10.2 Å². The number of fused-ring (bicyclic) bond motifs is 1. The Bertz CT molecular complexity index is 976. The monoisotopic (exact) mass is 384 g/mol. The van der Waals surface area contributed by atoms with E-state index in [0.29, 0.717) is 40.2 Å². The van der Waals surface area contributed by atoms with Crippen LogP contribution in [0.4, 0.5) is 0 Å². The number of unbranched alkanes of at least 4 members (excludes halogenated alkanes) is 2. The molecule has 142 valence electrons. The zero-order valence-corrected chi connectivity index (χ0v) is 16.6. The second-order valence-corrected chi connectivity index (χ2v) is 7.56. The van der Waals surface area contributed by atoms with E-state index in [2.05, 4.69) is 11.9 Å². The molecule has 0 spiro atoms. The van der Waals surface area contributed by atoms with Crippen LogP contribution in [-0.2, 0) is 17.7 Å². The Hall–Kier alpha value is -2.47. The van der Waals surface area contributed by atoms with Gasteiger partial charge >= 0.3 is 5.97 Å². The Morgan fingerprint density at radius 1 is 1.22 bits per heavy atom. The molecular formula is C21H24N2O3S. The molecule has 0 N–H and O–H groups in total. The third kappa shape index (κ3) is 4.45. The van der Waals surface area contributed by atoms with Gasteiger partial charge in [0.25, 0.3) is 5.56 Å². The van der Waals surface area contributed by atoms with Crippen molar-refractivity contribution in [1.29, 1.82) is 0 Å². The highest BCUT2D eigenvalue weighted by Gasteiger charge is 2.20. The fraction of sp³-hybridized carbons (Fsp3) is 0.381. The van der Waals surface area contributed by atoms with Gasteiger partial charge in [0.05, 0.1) is 18.3 Å². The van der Waals surface area contributed by atoms with Crippen LogP contribution in [0.1, 0.15) is 47.0 Å². The Labute approximate surface area is 162 Å². The number of aromatic nitrogens is 2. The second kappa shape index (κ2) is 8.95. The van der Waals surface area contributed by atoms with E-state index in [0.717, 1.165) is 24.8 Å². The van der Waals surface area contributed by atoms with Crippen molar-refractivity contribution in [3.63, 3.8) is 0 Å². The Morgan fingerprint density at radius 3 is 2.74 bits per heavy atom. The minimum atomic E-state index is -0.386. The van der Waals surface area contributed by atoms with Gasteiger partial charge in [-0.05, 0) is 24.5 Å². The molecule has 5 nitrogen and oxygen atoms in total. The molecule has 0 radical (unpaired) electrons. The third-order valence-corrected chi connectivity index (χ3v) is 5.75. The number of hydrogen-bond acceptors (Lipinski definition) is 5. The predicted octanol–water partition coefficient (Wildman–Crippen LogP) is 4.36. The Balaban J connectivity index is 1.74. The first-order valence-corrected chi connectivity index (χ1v) is 10.1. The van der Waals surface area contributed by atoms with Gasteiger partial charge < -0.3 is 4.74 Å². The molecule has 0 fully saturated rings. The highest BCUT2D eigenvalue weighted by molar-refractivity contribution is 7.20. The van der Waals surface area contributed by atoms with Crippen LogP contribution in [0.5, 0.6) is 0 Å². The summed E-state index contributed by atoms with van der Waals surface area (Å²) in [4.78, 5) is 30.7. The number of rotatable bonds is 8. The van der Waals surface area contributed by atoms with Gasteiger partial charge in [-0.3, -0.25) is 9.36 Å². The van der Waals surface area contributed by atoms with Crippen LogP contribution in [0.3, 0.4) is 0 Å². The zero-order chi connectivity index (χ0) is 19.2. The van der Waals surface area contributed by atoms with Crippen molar-refractivity contribution >= 4 is 27.5 Å². The van der Waals surface area contributed by atoms with E-state index in [4.69, 9.17) is 4.74 Å². The van der Waals surface area contributed by atoms with Gasteiger partial charge in [-0.15, -0.1) is 11.3 Å². The van der Waals surface area contributed by atoms with Crippen molar-refractivity contribution in [3.8, 4) is 0 Å². The summed E-state index contributed by atoms with van der Waals surface area (Å²) < 4.78 is 7.07. The summed E-state index contributed by atoms with van der Waals surface area (Å²) in [6.07, 6.45) is 5.37. The van der Waals surface area contributed by atoms with Crippen molar-refractivity contribution in [2.75, 3.05) is 6.61 Å². The van der Waals surface area contributed by atoms with Crippen LogP contribution < -0.4 is 5.56 Å². The number of esters is 1. The molecule has 2 heterocycles. The van der Waals surface area contributed by atoms with Crippen LogP contribution in [-0.4, -0.2) is 22.1 Å². The maximum Gasteiger partial charge on any atom is 0.348 e. The van der Waals surface area contributed by atoms with Gasteiger partial charge in [0.1, 0.15) is 9.71 Å². The fourth-order valence-electron chi connectivity index (χ4n) is 3.02. The molecule has 3 rings (SSSR count). The van der Waals surface area contributed by atoms with Crippen molar-refractivity contribution < 1.29 is 9.53 Å². The number of ether oxygens (including phenoxy) is 1. The standard InChI is InChI=1S/C21H24N2O3S/c1-3-4-8-12-23-14-22-19-17(20(23)24)15(2)18(27-19)21(25)26-13-11-16-9-6-5-7-10-16/h5-7,9-10,14H,3-4,8,11-13H2,1-2H3. The van der Waals surface area contributed by atoms with Crippen molar-refractivity contribution in [1.82, 2.24) is 9.55 Å². The molecular weight excluding hydrogens is 360 g/mol. The SMILES string of the molecule is CCCCCn1cnc2sc(C(=O)OCCc3ccccc3)c(C)c2c1=O. The Kier molecular flexibility index (Phi) is 6.40. The highest BCUT2D eigenvalue weighted by Crippen LogP contribution is 2.27. The molecule has 0 amide bonds. The largest absolute Gasteiger partial charge is 0.461 e. The van der Waals surface area contributed by atoms with E-state index in [1.165, 1.54) is 11.3 Å². The summed E-state index contributed by atoms with van der Waals surface area (Å²) in [5.74, 6) is -0.386. The molecule has 3 aromatic rings. The van der Waals surface area contributed by atoms with Gasteiger partial charge in [0.15, 0.2) is 0 Å². The molecule has 0 aliphatic carbocycles. The van der Waals surface area contributed by atoms with Crippen molar-refractivity contribution in [2.24, 2.45) is 0 Å². The molecule has 27 heavy (non-hydrogen) atoms. The minimum absolute atomic E-state index is 0.0758. The van der Waals surface area contributed by atoms with Crippen molar-refractivity contribution in [2.45, 2.75) is 46.1 Å². The molecule has 1 aromatic carbocycles. The lowest BCUT2D eigenvalue weighted by molar-refractivity contribution is 0.0514. The molecule has 0 saturated carbocycles. The van der Waals surface area contributed by atoms with Crippen molar-refractivity contribution in [3.05, 3.63) is 63.0 Å². The highest BCUT2D eigenvalue weighted by atomic mass is 32.1. The lowest BCUT2D eigenvalue weighted by Crippen LogP contribution is -2.20. The van der Waals surface area contributed by atoms with E-state index >= 15 is 0 Å². The molecule has 0 atom stereocenters. The molecule has 6 heteroatoms. The molecule has 0 aliphatic rings. The first-order chi connectivity index (χ1) is 13.1. The summed E-state index contributed by atoms with van der Waals surface area (Å²) in [7, 11) is 0. The lowest BCUT2D eigenvalue weighted by Gasteiger charge is -2.05. The van der Waals surface area contributed by atoms with Crippen LogP contribution >= 0.6 is 11.3 Å². The first kappa shape index (κ1) is 19.3. The van der Waals surface area contributed by atoms with E-state index in [1.807, 2.05) is 30.3 Å². The number of carbonyl (C=O) groups excluding carboxylic acids is 1. The van der Waals surface area contributed by atoms with E-state index < -0.39 is 0 Å². The van der Waals surface area contributed by atoms with Gasteiger partial charge in [0.2, 0.25) is 0 Å². The van der Waals surface area contributed by atoms with Gasteiger partial charge in [-0.1, -0.05) is 50.1 Å².